The lowest BCUT2D eigenvalue weighted by molar-refractivity contribution is 0.108. The maximum Gasteiger partial charge on any atom is 0.276 e. The van der Waals surface area contributed by atoms with Crippen molar-refractivity contribution in [3.8, 4) is 0 Å². The first-order chi connectivity index (χ1) is 5.11. The minimum absolute atomic E-state index is 0.0219. The zero-order valence-electron chi connectivity index (χ0n) is 5.10. The van der Waals surface area contributed by atoms with Crippen LogP contribution in [0.25, 0.3) is 0 Å². The Balaban J connectivity index is 3.35. The van der Waals surface area contributed by atoms with Gasteiger partial charge in [-0.2, -0.15) is 5.10 Å². The predicted octanol–water partition coefficient (Wildman–Crippen LogP) is 0.802. The molecule has 0 aromatic carbocycles. The molecule has 1 aromatic heterocycles. The van der Waals surface area contributed by atoms with Gasteiger partial charge in [-0.25, -0.2) is 5.10 Å². The lowest BCUT2D eigenvalue weighted by atomic mass is 10.3. The Morgan fingerprint density at radius 2 is 2.27 bits per heavy atom. The summed E-state index contributed by atoms with van der Waals surface area (Å²) in [6, 6.07) is 1.11. The molecular formula is C5H2Cl2N2O2. The zero-order chi connectivity index (χ0) is 8.43. The molecule has 0 aliphatic carbocycles. The number of nitrogens with one attached hydrogen (secondary N) is 1. The van der Waals surface area contributed by atoms with Gasteiger partial charge in [0.05, 0.1) is 0 Å². The van der Waals surface area contributed by atoms with Crippen LogP contribution in [-0.4, -0.2) is 15.4 Å². The quantitative estimate of drug-likeness (QED) is 0.671. The van der Waals surface area contributed by atoms with Gasteiger partial charge in [0.1, 0.15) is 10.7 Å². The number of H-pyrrole nitrogens is 1. The van der Waals surface area contributed by atoms with E-state index in [0.717, 1.165) is 6.07 Å². The summed E-state index contributed by atoms with van der Waals surface area (Å²) in [5, 5.41) is 4.52. The van der Waals surface area contributed by atoms with Gasteiger partial charge in [-0.3, -0.25) is 9.59 Å². The van der Waals surface area contributed by atoms with Crippen molar-refractivity contribution < 1.29 is 4.79 Å². The van der Waals surface area contributed by atoms with Gasteiger partial charge in [-0.15, -0.1) is 0 Å². The van der Waals surface area contributed by atoms with E-state index in [-0.39, 0.29) is 10.7 Å². The maximum atomic E-state index is 10.7. The summed E-state index contributed by atoms with van der Waals surface area (Å²) < 4.78 is 0. The van der Waals surface area contributed by atoms with E-state index < -0.39 is 10.8 Å². The van der Waals surface area contributed by atoms with Gasteiger partial charge in [0, 0.05) is 0 Å². The van der Waals surface area contributed by atoms with Crippen LogP contribution in [0, 0.1) is 0 Å². The van der Waals surface area contributed by atoms with E-state index in [4.69, 9.17) is 23.2 Å². The molecule has 0 spiro atoms. The lowest BCUT2D eigenvalue weighted by Gasteiger charge is -1.90. The van der Waals surface area contributed by atoms with Crippen LogP contribution in [0.2, 0.25) is 5.15 Å². The second kappa shape index (κ2) is 3.02. The molecule has 11 heavy (non-hydrogen) atoms. The third-order valence-electron chi connectivity index (χ3n) is 0.984. The van der Waals surface area contributed by atoms with Crippen molar-refractivity contribution in [3.63, 3.8) is 0 Å². The third kappa shape index (κ3) is 1.78. The molecule has 58 valence electrons. The van der Waals surface area contributed by atoms with E-state index in [1.54, 1.807) is 0 Å². The Morgan fingerprint density at radius 3 is 2.73 bits per heavy atom. The minimum Gasteiger partial charge on any atom is -0.275 e. The first-order valence-electron chi connectivity index (χ1n) is 2.56. The molecule has 0 aliphatic heterocycles. The van der Waals surface area contributed by atoms with Gasteiger partial charge in [0.25, 0.3) is 10.8 Å². The number of hydrogen-bond donors (Lipinski definition) is 1. The van der Waals surface area contributed by atoms with Crippen LogP contribution in [0.1, 0.15) is 10.4 Å². The van der Waals surface area contributed by atoms with Crippen molar-refractivity contribution >= 4 is 28.4 Å². The Labute approximate surface area is 71.1 Å². The van der Waals surface area contributed by atoms with Gasteiger partial charge < -0.3 is 0 Å². The molecule has 0 amide bonds. The summed E-state index contributed by atoms with van der Waals surface area (Å²) in [4.78, 5) is 21.2. The summed E-state index contributed by atoms with van der Waals surface area (Å²) in [6.45, 7) is 0. The summed E-state index contributed by atoms with van der Waals surface area (Å²) in [7, 11) is 0. The molecule has 4 nitrogen and oxygen atoms in total. The molecule has 0 atom stereocenters. The molecule has 0 saturated heterocycles. The van der Waals surface area contributed by atoms with Crippen LogP contribution in [0.15, 0.2) is 10.9 Å². The largest absolute Gasteiger partial charge is 0.276 e. The molecule has 0 fully saturated rings. The molecule has 6 heteroatoms. The highest BCUT2D eigenvalue weighted by Crippen LogP contribution is 2.03. The highest BCUT2D eigenvalue weighted by Gasteiger charge is 2.07. The molecule has 1 N–H and O–H groups in total. The minimum atomic E-state index is -0.851. The summed E-state index contributed by atoms with van der Waals surface area (Å²) in [5.41, 5.74) is -0.846. The van der Waals surface area contributed by atoms with Crippen LogP contribution < -0.4 is 5.56 Å². The van der Waals surface area contributed by atoms with Gasteiger partial charge in [-0.1, -0.05) is 11.6 Å². The fourth-order valence-electron chi connectivity index (χ4n) is 0.527. The number of halogens is 2. The molecular weight excluding hydrogens is 191 g/mol. The highest BCUT2D eigenvalue weighted by atomic mass is 35.5. The van der Waals surface area contributed by atoms with Crippen LogP contribution in [0.3, 0.4) is 0 Å². The second-order valence-electron chi connectivity index (χ2n) is 1.71. The Hall–Kier alpha value is -0.870. The van der Waals surface area contributed by atoms with Crippen molar-refractivity contribution in [3.05, 3.63) is 27.1 Å². The number of nitrogens with zero attached hydrogens (tertiary/aromatic N) is 1. The van der Waals surface area contributed by atoms with Gasteiger partial charge in [0.15, 0.2) is 0 Å². The fraction of sp³-hybridized carbons (Fsp3) is 0. The van der Waals surface area contributed by atoms with Crippen LogP contribution in [-0.2, 0) is 0 Å². The molecule has 1 aromatic rings. The van der Waals surface area contributed by atoms with Crippen molar-refractivity contribution in [2.75, 3.05) is 0 Å². The van der Waals surface area contributed by atoms with Crippen LogP contribution in [0.4, 0.5) is 0 Å². The summed E-state index contributed by atoms with van der Waals surface area (Å²) >= 11 is 10.4. The predicted molar refractivity (Wildman–Crippen MR) is 40.1 cm³/mol. The SMILES string of the molecule is O=C(Cl)c1cc(Cl)n[nH]c1=O. The Morgan fingerprint density at radius 1 is 1.64 bits per heavy atom. The number of aromatic nitrogens is 2. The van der Waals surface area contributed by atoms with E-state index in [0.29, 0.717) is 0 Å². The maximum absolute atomic E-state index is 10.7. The Kier molecular flexibility index (Phi) is 2.26. The number of rotatable bonds is 1. The van der Waals surface area contributed by atoms with E-state index in [2.05, 4.69) is 5.10 Å². The highest BCUT2D eigenvalue weighted by molar-refractivity contribution is 6.67. The summed E-state index contributed by atoms with van der Waals surface area (Å²) in [6.07, 6.45) is 0. The van der Waals surface area contributed by atoms with Crippen molar-refractivity contribution in [1.29, 1.82) is 0 Å². The molecule has 1 rings (SSSR count). The lowest BCUT2D eigenvalue weighted by Crippen LogP contribution is -2.15. The summed E-state index contributed by atoms with van der Waals surface area (Å²) in [5.74, 6) is 0. The second-order valence-corrected chi connectivity index (χ2v) is 2.44. The fourth-order valence-corrected chi connectivity index (χ4v) is 0.819. The molecule has 0 unspecified atom stereocenters. The third-order valence-corrected chi connectivity index (χ3v) is 1.38. The average Bonchev–Trinajstić information content (AvgIpc) is 1.94. The van der Waals surface area contributed by atoms with Crippen molar-refractivity contribution in [1.82, 2.24) is 10.2 Å². The molecule has 0 saturated carbocycles. The van der Waals surface area contributed by atoms with Crippen molar-refractivity contribution in [2.24, 2.45) is 0 Å². The van der Waals surface area contributed by atoms with E-state index in [9.17, 15) is 9.59 Å². The number of carbonyl (C=O) groups is 1. The molecule has 0 bridgehead atoms. The van der Waals surface area contributed by atoms with Gasteiger partial charge in [-0.05, 0) is 17.7 Å². The van der Waals surface area contributed by atoms with E-state index in [1.807, 2.05) is 5.10 Å². The van der Waals surface area contributed by atoms with Gasteiger partial charge in [0.2, 0.25) is 0 Å². The smallest absolute Gasteiger partial charge is 0.275 e. The van der Waals surface area contributed by atoms with Crippen LogP contribution >= 0.6 is 23.2 Å². The standard InChI is InChI=1S/C5H2Cl2N2O2/c6-3-1-2(4(7)10)5(11)9-8-3/h1H,(H,9,11). The topological polar surface area (TPSA) is 62.8 Å². The first-order valence-corrected chi connectivity index (χ1v) is 3.32. The molecule has 0 aliphatic rings. The number of hydrogen-bond acceptors (Lipinski definition) is 3. The molecule has 0 radical (unpaired) electrons. The Bertz CT molecular complexity index is 347. The average molecular weight is 193 g/mol. The van der Waals surface area contributed by atoms with Crippen LogP contribution in [0.5, 0.6) is 0 Å². The normalized spacial score (nSPS) is 9.64. The van der Waals surface area contributed by atoms with E-state index >= 15 is 0 Å². The van der Waals surface area contributed by atoms with Gasteiger partial charge >= 0.3 is 0 Å². The monoisotopic (exact) mass is 192 g/mol. The first kappa shape index (κ1) is 8.23. The number of carbonyl (C=O) groups excluding carboxylic acids is 1. The van der Waals surface area contributed by atoms with E-state index in [1.165, 1.54) is 0 Å². The molecule has 1 heterocycles. The zero-order valence-corrected chi connectivity index (χ0v) is 6.61. The van der Waals surface area contributed by atoms with Crippen molar-refractivity contribution in [2.45, 2.75) is 0 Å². The number of aromatic amines is 1.